The van der Waals surface area contributed by atoms with E-state index in [0.29, 0.717) is 24.8 Å². The SMILES string of the molecule is Cc1cccc(N(CCC(N)=O)Cc2nc(-c3ccc(Br)s3)no2)c1. The molecule has 0 spiro atoms. The number of hydrogen-bond donors (Lipinski definition) is 1. The molecule has 0 bridgehead atoms. The predicted octanol–water partition coefficient (Wildman–Crippen LogP) is 3.75. The largest absolute Gasteiger partial charge is 0.370 e. The minimum atomic E-state index is -0.340. The van der Waals surface area contributed by atoms with Gasteiger partial charge >= 0.3 is 0 Å². The first kappa shape index (κ1) is 17.6. The van der Waals surface area contributed by atoms with Crippen LogP contribution >= 0.6 is 27.3 Å². The summed E-state index contributed by atoms with van der Waals surface area (Å²) in [6.45, 7) is 2.92. The van der Waals surface area contributed by atoms with Gasteiger partial charge in [0, 0.05) is 18.7 Å². The van der Waals surface area contributed by atoms with E-state index in [-0.39, 0.29) is 12.3 Å². The average molecular weight is 421 g/mol. The number of carbonyl (C=O) groups excluding carboxylic acids is 1. The first-order valence-corrected chi connectivity index (χ1v) is 9.30. The van der Waals surface area contributed by atoms with E-state index in [4.69, 9.17) is 10.3 Å². The van der Waals surface area contributed by atoms with Crippen molar-refractivity contribution in [3.8, 4) is 10.7 Å². The lowest BCUT2D eigenvalue weighted by molar-refractivity contribution is -0.117. The van der Waals surface area contributed by atoms with Gasteiger partial charge in [-0.05, 0) is 52.7 Å². The topological polar surface area (TPSA) is 85.2 Å². The molecule has 1 aromatic carbocycles. The van der Waals surface area contributed by atoms with E-state index in [2.05, 4.69) is 32.1 Å². The summed E-state index contributed by atoms with van der Waals surface area (Å²) in [6, 6.07) is 11.9. The molecule has 6 nitrogen and oxygen atoms in total. The molecule has 1 amide bonds. The van der Waals surface area contributed by atoms with Gasteiger partial charge in [-0.2, -0.15) is 4.98 Å². The minimum absolute atomic E-state index is 0.257. The van der Waals surface area contributed by atoms with Crippen LogP contribution in [-0.2, 0) is 11.3 Å². The molecule has 0 radical (unpaired) electrons. The highest BCUT2D eigenvalue weighted by Gasteiger charge is 2.15. The van der Waals surface area contributed by atoms with Crippen LogP contribution in [0.15, 0.2) is 44.7 Å². The van der Waals surface area contributed by atoms with Gasteiger partial charge in [-0.3, -0.25) is 4.79 Å². The van der Waals surface area contributed by atoms with Gasteiger partial charge in [-0.15, -0.1) is 11.3 Å². The van der Waals surface area contributed by atoms with E-state index in [1.807, 2.05) is 42.2 Å². The van der Waals surface area contributed by atoms with Crippen molar-refractivity contribution >= 4 is 38.9 Å². The number of rotatable bonds is 7. The Morgan fingerprint density at radius 1 is 1.36 bits per heavy atom. The number of primary amides is 1. The smallest absolute Gasteiger partial charge is 0.246 e. The third kappa shape index (κ3) is 4.67. The Kier molecular flexibility index (Phi) is 5.50. The number of hydrogen-bond acceptors (Lipinski definition) is 6. The Labute approximate surface area is 157 Å². The molecule has 25 heavy (non-hydrogen) atoms. The lowest BCUT2D eigenvalue weighted by atomic mass is 10.2. The number of benzene rings is 1. The zero-order valence-electron chi connectivity index (χ0n) is 13.6. The second-order valence-electron chi connectivity index (χ2n) is 5.59. The number of carbonyl (C=O) groups is 1. The Bertz CT molecular complexity index is 877. The summed E-state index contributed by atoms with van der Waals surface area (Å²) in [5.74, 6) is 0.711. The number of nitrogens with zero attached hydrogens (tertiary/aromatic N) is 3. The fraction of sp³-hybridized carbons (Fsp3) is 0.235. The van der Waals surface area contributed by atoms with Crippen LogP contribution in [0.4, 0.5) is 5.69 Å². The second-order valence-corrected chi connectivity index (χ2v) is 8.06. The molecule has 3 rings (SSSR count). The third-order valence-corrected chi connectivity index (χ3v) is 5.20. The summed E-state index contributed by atoms with van der Waals surface area (Å²) in [4.78, 5) is 18.6. The number of aromatic nitrogens is 2. The molecule has 0 saturated carbocycles. The van der Waals surface area contributed by atoms with Gasteiger partial charge in [0.15, 0.2) is 0 Å². The average Bonchev–Trinajstić information content (AvgIpc) is 3.20. The number of halogens is 1. The Morgan fingerprint density at radius 2 is 2.20 bits per heavy atom. The Morgan fingerprint density at radius 3 is 2.88 bits per heavy atom. The highest BCUT2D eigenvalue weighted by molar-refractivity contribution is 9.11. The zero-order valence-corrected chi connectivity index (χ0v) is 16.0. The van der Waals surface area contributed by atoms with Crippen molar-refractivity contribution in [1.82, 2.24) is 10.1 Å². The van der Waals surface area contributed by atoms with Crippen LogP contribution in [0.3, 0.4) is 0 Å². The van der Waals surface area contributed by atoms with Crippen LogP contribution in [0.1, 0.15) is 17.9 Å². The molecule has 2 N–H and O–H groups in total. The van der Waals surface area contributed by atoms with E-state index in [1.54, 1.807) is 11.3 Å². The number of nitrogens with two attached hydrogens (primary N) is 1. The standard InChI is InChI=1S/C17H17BrN4O2S/c1-11-3-2-4-12(9-11)22(8-7-15(19)23)10-16-20-17(21-24-16)13-5-6-14(18)25-13/h2-6,9H,7-8,10H2,1H3,(H2,19,23). The molecule has 130 valence electrons. The summed E-state index contributed by atoms with van der Waals surface area (Å²) in [6.07, 6.45) is 0.257. The summed E-state index contributed by atoms with van der Waals surface area (Å²) >= 11 is 4.97. The van der Waals surface area contributed by atoms with E-state index in [1.165, 1.54) is 0 Å². The first-order chi connectivity index (χ1) is 12.0. The van der Waals surface area contributed by atoms with Crippen molar-refractivity contribution in [1.29, 1.82) is 0 Å². The van der Waals surface area contributed by atoms with E-state index in [9.17, 15) is 4.79 Å². The molecular weight excluding hydrogens is 404 g/mol. The molecule has 0 unspecified atom stereocenters. The summed E-state index contributed by atoms with van der Waals surface area (Å²) < 4.78 is 6.40. The molecule has 3 aromatic rings. The fourth-order valence-corrected chi connectivity index (χ4v) is 3.70. The maximum absolute atomic E-state index is 11.2. The molecule has 0 aliphatic carbocycles. The lowest BCUT2D eigenvalue weighted by Crippen LogP contribution is -2.27. The van der Waals surface area contributed by atoms with Crippen molar-refractivity contribution in [2.24, 2.45) is 5.73 Å². The molecule has 0 aliphatic rings. The molecule has 0 aliphatic heterocycles. The minimum Gasteiger partial charge on any atom is -0.370 e. The second kappa shape index (κ2) is 7.79. The van der Waals surface area contributed by atoms with Crippen LogP contribution in [0.2, 0.25) is 0 Å². The quantitative estimate of drug-likeness (QED) is 0.628. The summed E-state index contributed by atoms with van der Waals surface area (Å²) in [5, 5.41) is 4.04. The van der Waals surface area contributed by atoms with Crippen molar-refractivity contribution in [2.45, 2.75) is 19.9 Å². The number of thiophene rings is 1. The molecule has 0 fully saturated rings. The maximum atomic E-state index is 11.2. The van der Waals surface area contributed by atoms with Gasteiger partial charge < -0.3 is 15.2 Å². The molecule has 0 atom stereocenters. The van der Waals surface area contributed by atoms with Gasteiger partial charge in [0.1, 0.15) is 0 Å². The number of anilines is 1. The van der Waals surface area contributed by atoms with Crippen molar-refractivity contribution < 1.29 is 9.32 Å². The zero-order chi connectivity index (χ0) is 17.8. The predicted molar refractivity (Wildman–Crippen MR) is 101 cm³/mol. The fourth-order valence-electron chi connectivity index (χ4n) is 2.39. The van der Waals surface area contributed by atoms with Crippen LogP contribution in [0.5, 0.6) is 0 Å². The molecule has 0 saturated heterocycles. The highest BCUT2D eigenvalue weighted by atomic mass is 79.9. The van der Waals surface area contributed by atoms with Gasteiger partial charge in [0.2, 0.25) is 17.6 Å². The van der Waals surface area contributed by atoms with Gasteiger partial charge in [-0.25, -0.2) is 0 Å². The van der Waals surface area contributed by atoms with Crippen molar-refractivity contribution in [2.75, 3.05) is 11.4 Å². The lowest BCUT2D eigenvalue weighted by Gasteiger charge is -2.22. The summed E-state index contributed by atoms with van der Waals surface area (Å²) in [7, 11) is 0. The van der Waals surface area contributed by atoms with E-state index >= 15 is 0 Å². The monoisotopic (exact) mass is 420 g/mol. The van der Waals surface area contributed by atoms with E-state index < -0.39 is 0 Å². The number of amides is 1. The molecule has 2 aromatic heterocycles. The Hall–Kier alpha value is -2.19. The van der Waals surface area contributed by atoms with Crippen LogP contribution in [0, 0.1) is 6.92 Å². The van der Waals surface area contributed by atoms with Crippen LogP contribution < -0.4 is 10.6 Å². The van der Waals surface area contributed by atoms with E-state index in [0.717, 1.165) is 19.9 Å². The molecular formula is C17H17BrN4O2S. The highest BCUT2D eigenvalue weighted by Crippen LogP contribution is 2.29. The first-order valence-electron chi connectivity index (χ1n) is 7.69. The van der Waals surface area contributed by atoms with Crippen LogP contribution in [0.25, 0.3) is 10.7 Å². The number of aryl methyl sites for hydroxylation is 1. The normalized spacial score (nSPS) is 10.8. The van der Waals surface area contributed by atoms with Crippen molar-refractivity contribution in [3.63, 3.8) is 0 Å². The van der Waals surface area contributed by atoms with Gasteiger partial charge in [0.05, 0.1) is 15.2 Å². The van der Waals surface area contributed by atoms with Crippen molar-refractivity contribution in [3.05, 3.63) is 51.6 Å². The Balaban J connectivity index is 1.80. The molecule has 8 heteroatoms. The third-order valence-electron chi connectivity index (χ3n) is 3.58. The van der Waals surface area contributed by atoms with Gasteiger partial charge in [0.25, 0.3) is 0 Å². The van der Waals surface area contributed by atoms with Crippen LogP contribution in [-0.4, -0.2) is 22.6 Å². The molecule has 2 heterocycles. The summed E-state index contributed by atoms with van der Waals surface area (Å²) in [5.41, 5.74) is 7.43. The maximum Gasteiger partial charge on any atom is 0.246 e. The van der Waals surface area contributed by atoms with Gasteiger partial charge in [-0.1, -0.05) is 17.3 Å².